The van der Waals surface area contributed by atoms with Gasteiger partial charge in [0, 0.05) is 11.9 Å². The van der Waals surface area contributed by atoms with Crippen molar-refractivity contribution in [1.29, 1.82) is 0 Å². The SMILES string of the molecule is CC(C)(C)P(CP(=S)(c1ccccc1)c1ccccc1)C(C)(C)C. The van der Waals surface area contributed by atoms with E-state index in [-0.39, 0.29) is 7.92 Å². The molecule has 0 radical (unpaired) electrons. The van der Waals surface area contributed by atoms with Crippen LogP contribution in [0.4, 0.5) is 0 Å². The van der Waals surface area contributed by atoms with Crippen molar-refractivity contribution in [1.82, 2.24) is 0 Å². The van der Waals surface area contributed by atoms with Gasteiger partial charge in [-0.15, -0.1) is 0 Å². The van der Waals surface area contributed by atoms with E-state index in [4.69, 9.17) is 11.8 Å². The van der Waals surface area contributed by atoms with Gasteiger partial charge in [-0.1, -0.05) is 122 Å². The van der Waals surface area contributed by atoms with Gasteiger partial charge in [0.25, 0.3) is 0 Å². The van der Waals surface area contributed by atoms with Crippen molar-refractivity contribution in [2.75, 3.05) is 5.90 Å². The Morgan fingerprint density at radius 1 is 0.708 bits per heavy atom. The topological polar surface area (TPSA) is 0 Å². The number of rotatable bonds is 4. The van der Waals surface area contributed by atoms with Crippen molar-refractivity contribution in [2.24, 2.45) is 0 Å². The van der Waals surface area contributed by atoms with E-state index in [0.29, 0.717) is 10.3 Å². The molecule has 3 heteroatoms. The zero-order chi connectivity index (χ0) is 18.0. The molecule has 0 heterocycles. The van der Waals surface area contributed by atoms with Crippen molar-refractivity contribution < 1.29 is 0 Å². The van der Waals surface area contributed by atoms with E-state index in [1.165, 1.54) is 10.6 Å². The van der Waals surface area contributed by atoms with Gasteiger partial charge in [0.15, 0.2) is 0 Å². The maximum atomic E-state index is 6.48. The molecular weight excluding hydrogens is 346 g/mol. The molecule has 0 aliphatic heterocycles. The number of benzene rings is 2. The highest BCUT2D eigenvalue weighted by molar-refractivity contribution is 8.24. The maximum absolute atomic E-state index is 6.48. The lowest BCUT2D eigenvalue weighted by Crippen LogP contribution is -2.29. The molecule has 0 bridgehead atoms. The van der Waals surface area contributed by atoms with Crippen molar-refractivity contribution in [3.63, 3.8) is 0 Å². The van der Waals surface area contributed by atoms with Crippen LogP contribution in [0.5, 0.6) is 0 Å². The van der Waals surface area contributed by atoms with Crippen LogP contribution in [0, 0.1) is 0 Å². The van der Waals surface area contributed by atoms with Crippen molar-refractivity contribution >= 4 is 36.4 Å². The van der Waals surface area contributed by atoms with Crippen LogP contribution in [-0.4, -0.2) is 16.2 Å². The summed E-state index contributed by atoms with van der Waals surface area (Å²) in [5.41, 5.74) is 0. The molecule has 2 aromatic rings. The van der Waals surface area contributed by atoms with Gasteiger partial charge in [0.2, 0.25) is 0 Å². The second kappa shape index (κ2) is 7.41. The maximum Gasteiger partial charge on any atom is 0.0147 e. The summed E-state index contributed by atoms with van der Waals surface area (Å²) in [6.45, 7) is 14.3. The molecule has 0 aliphatic carbocycles. The Bertz CT molecular complexity index is 637. The normalized spacial score (nSPS) is 13.3. The lowest BCUT2D eigenvalue weighted by atomic mass is 10.2. The molecule has 130 valence electrons. The van der Waals surface area contributed by atoms with Gasteiger partial charge >= 0.3 is 0 Å². The van der Waals surface area contributed by atoms with Crippen molar-refractivity contribution in [3.05, 3.63) is 60.7 Å². The lowest BCUT2D eigenvalue weighted by molar-refractivity contribution is 0.709. The molecule has 0 nitrogen and oxygen atoms in total. The first kappa shape index (κ1) is 19.8. The Balaban J connectivity index is 2.58. The molecule has 0 N–H and O–H groups in total. The Hall–Kier alpha value is -0.480. The average molecular weight is 376 g/mol. The fraction of sp³-hybridized carbons (Fsp3) is 0.429. The zero-order valence-electron chi connectivity index (χ0n) is 15.8. The van der Waals surface area contributed by atoms with Crippen LogP contribution in [0.3, 0.4) is 0 Å². The second-order valence-corrected chi connectivity index (χ2v) is 17.4. The first-order chi connectivity index (χ1) is 11.0. The fourth-order valence-electron chi connectivity index (χ4n) is 3.28. The highest BCUT2D eigenvalue weighted by Crippen LogP contribution is 2.67. The summed E-state index contributed by atoms with van der Waals surface area (Å²) >= 11 is 6.48. The molecule has 24 heavy (non-hydrogen) atoms. The Morgan fingerprint density at radius 3 is 1.33 bits per heavy atom. The summed E-state index contributed by atoms with van der Waals surface area (Å²) in [4.78, 5) is 0. The van der Waals surface area contributed by atoms with E-state index in [0.717, 1.165) is 5.90 Å². The second-order valence-electron chi connectivity index (χ2n) is 8.32. The summed E-state index contributed by atoms with van der Waals surface area (Å²) in [5, 5.41) is 3.29. The van der Waals surface area contributed by atoms with Gasteiger partial charge in [-0.2, -0.15) is 0 Å². The van der Waals surface area contributed by atoms with Gasteiger partial charge in [-0.05, 0) is 20.9 Å². The van der Waals surface area contributed by atoms with Crippen LogP contribution >= 0.6 is 14.0 Å². The molecule has 0 fully saturated rings. The highest BCUT2D eigenvalue weighted by Gasteiger charge is 2.38. The molecule has 0 saturated carbocycles. The molecule has 0 aliphatic rings. The molecule has 0 amide bonds. The number of hydrogen-bond acceptors (Lipinski definition) is 1. The minimum Gasteiger partial charge on any atom is -0.0898 e. The summed E-state index contributed by atoms with van der Waals surface area (Å²) < 4.78 is 0. The van der Waals surface area contributed by atoms with Gasteiger partial charge in [-0.25, -0.2) is 0 Å². The molecule has 0 unspecified atom stereocenters. The Kier molecular flexibility index (Phi) is 6.12. The van der Waals surface area contributed by atoms with Crippen LogP contribution in [-0.2, 0) is 11.8 Å². The molecule has 0 atom stereocenters. The minimum atomic E-state index is -1.81. The Morgan fingerprint density at radius 2 is 1.04 bits per heavy atom. The van der Waals surface area contributed by atoms with E-state index in [1.54, 1.807) is 0 Å². The average Bonchev–Trinajstić information content (AvgIpc) is 2.52. The summed E-state index contributed by atoms with van der Waals surface area (Å²) in [5.74, 6) is 1.14. The fourth-order valence-corrected chi connectivity index (χ4v) is 15.0. The van der Waals surface area contributed by atoms with Crippen molar-refractivity contribution in [3.8, 4) is 0 Å². The third-order valence-electron chi connectivity index (χ3n) is 4.31. The monoisotopic (exact) mass is 376 g/mol. The molecule has 2 rings (SSSR count). The molecule has 0 spiro atoms. The van der Waals surface area contributed by atoms with Crippen LogP contribution < -0.4 is 10.6 Å². The van der Waals surface area contributed by atoms with E-state index in [9.17, 15) is 0 Å². The standard InChI is InChI=1S/C21H30P2S/c1-20(2,3)22(21(4,5)6)17-23(24,18-13-9-7-10-14-18)19-15-11-8-12-16-19/h7-16H,17H2,1-6H3. The first-order valence-corrected chi connectivity index (χ1v) is 13.0. The molecular formula is C21H30P2S. The van der Waals surface area contributed by atoms with E-state index >= 15 is 0 Å². The Labute approximate surface area is 154 Å². The number of hydrogen-bond donors (Lipinski definition) is 0. The van der Waals surface area contributed by atoms with E-state index < -0.39 is 6.04 Å². The van der Waals surface area contributed by atoms with Gasteiger partial charge in [-0.3, -0.25) is 0 Å². The predicted octanol–water partition coefficient (Wildman–Crippen LogP) is 6.15. The summed E-state index contributed by atoms with van der Waals surface area (Å²) in [6.07, 6.45) is 0. The first-order valence-electron chi connectivity index (χ1n) is 8.53. The van der Waals surface area contributed by atoms with Crippen LogP contribution in [0.15, 0.2) is 60.7 Å². The largest absolute Gasteiger partial charge is 0.0898 e. The van der Waals surface area contributed by atoms with Crippen LogP contribution in [0.25, 0.3) is 0 Å². The smallest absolute Gasteiger partial charge is 0.0147 e. The quantitative estimate of drug-likeness (QED) is 0.577. The van der Waals surface area contributed by atoms with E-state index in [1.807, 2.05) is 0 Å². The van der Waals surface area contributed by atoms with Crippen LogP contribution in [0.1, 0.15) is 41.5 Å². The van der Waals surface area contributed by atoms with Gasteiger partial charge in [0.1, 0.15) is 0 Å². The van der Waals surface area contributed by atoms with Gasteiger partial charge in [0.05, 0.1) is 0 Å². The van der Waals surface area contributed by atoms with Crippen molar-refractivity contribution in [2.45, 2.75) is 51.9 Å². The molecule has 0 aromatic heterocycles. The molecule has 2 aromatic carbocycles. The zero-order valence-corrected chi connectivity index (χ0v) is 18.4. The third-order valence-corrected chi connectivity index (χ3v) is 14.8. The minimum absolute atomic E-state index is 0.233. The highest BCUT2D eigenvalue weighted by atomic mass is 32.4. The summed E-state index contributed by atoms with van der Waals surface area (Å²) in [7, 11) is -0.233. The lowest BCUT2D eigenvalue weighted by Gasteiger charge is -2.44. The summed E-state index contributed by atoms with van der Waals surface area (Å²) in [6, 6.07) is 19.9. The molecule has 0 saturated heterocycles. The predicted molar refractivity (Wildman–Crippen MR) is 118 cm³/mol. The third kappa shape index (κ3) is 4.57. The van der Waals surface area contributed by atoms with E-state index in [2.05, 4.69) is 102 Å². The van der Waals surface area contributed by atoms with Crippen LogP contribution in [0.2, 0.25) is 0 Å². The van der Waals surface area contributed by atoms with Gasteiger partial charge < -0.3 is 0 Å².